The van der Waals surface area contributed by atoms with E-state index < -0.39 is 0 Å². The van der Waals surface area contributed by atoms with Gasteiger partial charge >= 0.3 is 0 Å². The van der Waals surface area contributed by atoms with Gasteiger partial charge < -0.3 is 4.74 Å². The molecule has 2 rings (SSSR count). The van der Waals surface area contributed by atoms with Crippen molar-refractivity contribution in [3.05, 3.63) is 33.6 Å². The Kier molecular flexibility index (Phi) is 4.17. The summed E-state index contributed by atoms with van der Waals surface area (Å²) in [4.78, 5) is 4.18. The van der Waals surface area contributed by atoms with E-state index in [4.69, 9.17) is 4.74 Å². The van der Waals surface area contributed by atoms with Crippen LogP contribution >= 0.6 is 31.9 Å². The fourth-order valence-corrected chi connectivity index (χ4v) is 2.41. The van der Waals surface area contributed by atoms with Crippen LogP contribution in [0, 0.1) is 0 Å². The van der Waals surface area contributed by atoms with Gasteiger partial charge in [0.15, 0.2) is 5.75 Å². The van der Waals surface area contributed by atoms with Crippen molar-refractivity contribution in [2.24, 2.45) is 0 Å². The number of aryl methyl sites for hydroxylation is 1. The first-order valence-electron chi connectivity index (χ1n) is 5.20. The minimum absolute atomic E-state index is 0.532. The topological polar surface area (TPSA) is 39.9 Å². The highest BCUT2D eigenvalue weighted by molar-refractivity contribution is 9.11. The van der Waals surface area contributed by atoms with Gasteiger partial charge in [0.05, 0.1) is 16.9 Å². The van der Waals surface area contributed by atoms with Crippen LogP contribution in [0.25, 0.3) is 0 Å². The highest BCUT2D eigenvalue weighted by atomic mass is 79.9. The standard InChI is InChI=1S/C11H11Br2N3O/c1-2-3-16-7-9(6-15-16)17-11-10(13)4-8(12)5-14-11/h4-7H,2-3H2,1H3. The monoisotopic (exact) mass is 359 g/mol. The van der Waals surface area contributed by atoms with E-state index in [1.165, 1.54) is 0 Å². The zero-order chi connectivity index (χ0) is 12.3. The molecule has 4 nitrogen and oxygen atoms in total. The summed E-state index contributed by atoms with van der Waals surface area (Å²) in [5.74, 6) is 1.22. The molecule has 2 heterocycles. The smallest absolute Gasteiger partial charge is 0.233 e. The third kappa shape index (κ3) is 3.29. The molecule has 0 amide bonds. The first kappa shape index (κ1) is 12.6. The Morgan fingerprint density at radius 1 is 1.35 bits per heavy atom. The normalized spacial score (nSPS) is 10.5. The molecular weight excluding hydrogens is 350 g/mol. The van der Waals surface area contributed by atoms with Crippen molar-refractivity contribution in [1.29, 1.82) is 0 Å². The average molecular weight is 361 g/mol. The predicted molar refractivity (Wildman–Crippen MR) is 72.2 cm³/mol. The Balaban J connectivity index is 2.13. The van der Waals surface area contributed by atoms with Crippen molar-refractivity contribution in [3.8, 4) is 11.6 Å². The molecule has 0 radical (unpaired) electrons. The fourth-order valence-electron chi connectivity index (χ4n) is 1.34. The van der Waals surface area contributed by atoms with Gasteiger partial charge in [0.2, 0.25) is 5.88 Å². The maximum atomic E-state index is 5.63. The van der Waals surface area contributed by atoms with Gasteiger partial charge in [-0.15, -0.1) is 0 Å². The molecule has 0 atom stereocenters. The van der Waals surface area contributed by atoms with E-state index in [0.29, 0.717) is 11.6 Å². The van der Waals surface area contributed by atoms with Gasteiger partial charge in [-0.1, -0.05) is 6.92 Å². The van der Waals surface area contributed by atoms with E-state index in [1.54, 1.807) is 12.4 Å². The van der Waals surface area contributed by atoms with E-state index in [1.807, 2.05) is 16.9 Å². The van der Waals surface area contributed by atoms with Crippen LogP contribution in [-0.4, -0.2) is 14.8 Å². The third-order valence-electron chi connectivity index (χ3n) is 2.05. The lowest BCUT2D eigenvalue weighted by molar-refractivity contribution is 0.458. The summed E-state index contributed by atoms with van der Waals surface area (Å²) < 4.78 is 9.18. The van der Waals surface area contributed by atoms with E-state index in [0.717, 1.165) is 21.9 Å². The van der Waals surface area contributed by atoms with Gasteiger partial charge in [-0.2, -0.15) is 5.10 Å². The van der Waals surface area contributed by atoms with E-state index in [9.17, 15) is 0 Å². The van der Waals surface area contributed by atoms with E-state index in [-0.39, 0.29) is 0 Å². The SMILES string of the molecule is CCCn1cc(Oc2ncc(Br)cc2Br)cn1. The van der Waals surface area contributed by atoms with E-state index in [2.05, 4.69) is 48.9 Å². The second-order valence-corrected chi connectivity index (χ2v) is 5.25. The van der Waals surface area contributed by atoms with Crippen molar-refractivity contribution in [3.63, 3.8) is 0 Å². The molecule has 0 saturated carbocycles. The Morgan fingerprint density at radius 2 is 2.18 bits per heavy atom. The number of halogens is 2. The molecule has 17 heavy (non-hydrogen) atoms. The minimum atomic E-state index is 0.532. The van der Waals surface area contributed by atoms with Crippen molar-refractivity contribution < 1.29 is 4.74 Å². The van der Waals surface area contributed by atoms with E-state index >= 15 is 0 Å². The van der Waals surface area contributed by atoms with Crippen LogP contribution in [0.15, 0.2) is 33.6 Å². The molecular formula is C11H11Br2N3O. The van der Waals surface area contributed by atoms with Crippen molar-refractivity contribution >= 4 is 31.9 Å². The molecule has 90 valence electrons. The maximum Gasteiger partial charge on any atom is 0.233 e. The average Bonchev–Trinajstić information content (AvgIpc) is 2.71. The first-order chi connectivity index (χ1) is 8.19. The quantitative estimate of drug-likeness (QED) is 0.827. The largest absolute Gasteiger partial charge is 0.435 e. The highest BCUT2D eigenvalue weighted by Crippen LogP contribution is 2.29. The van der Waals surface area contributed by atoms with Crippen LogP contribution in [0.3, 0.4) is 0 Å². The Bertz CT molecular complexity index is 513. The van der Waals surface area contributed by atoms with Crippen LogP contribution in [0.1, 0.15) is 13.3 Å². The number of nitrogens with zero attached hydrogens (tertiary/aromatic N) is 3. The van der Waals surface area contributed by atoms with Gasteiger partial charge in [0, 0.05) is 17.2 Å². The minimum Gasteiger partial charge on any atom is -0.435 e. The summed E-state index contributed by atoms with van der Waals surface area (Å²) in [6.07, 6.45) is 6.28. The highest BCUT2D eigenvalue weighted by Gasteiger charge is 2.06. The lowest BCUT2D eigenvalue weighted by Gasteiger charge is -2.03. The Morgan fingerprint density at radius 3 is 2.88 bits per heavy atom. The van der Waals surface area contributed by atoms with Gasteiger partial charge in [-0.05, 0) is 44.3 Å². The number of ether oxygens (including phenoxy) is 1. The molecule has 0 spiro atoms. The summed E-state index contributed by atoms with van der Waals surface area (Å²) in [5, 5.41) is 4.19. The van der Waals surface area contributed by atoms with Gasteiger partial charge in [0.25, 0.3) is 0 Å². The summed E-state index contributed by atoms with van der Waals surface area (Å²) in [7, 11) is 0. The van der Waals surface area contributed by atoms with Gasteiger partial charge in [-0.3, -0.25) is 4.68 Å². The molecule has 6 heteroatoms. The number of hydrogen-bond acceptors (Lipinski definition) is 3. The maximum absolute atomic E-state index is 5.63. The molecule has 0 aromatic carbocycles. The third-order valence-corrected chi connectivity index (χ3v) is 3.05. The zero-order valence-electron chi connectivity index (χ0n) is 9.23. The second kappa shape index (κ2) is 5.64. The molecule has 0 aliphatic rings. The lowest BCUT2D eigenvalue weighted by atomic mass is 10.5. The van der Waals surface area contributed by atoms with Crippen LogP contribution < -0.4 is 4.74 Å². The number of hydrogen-bond donors (Lipinski definition) is 0. The molecule has 0 saturated heterocycles. The lowest BCUT2D eigenvalue weighted by Crippen LogP contribution is -1.95. The molecule has 0 N–H and O–H groups in total. The zero-order valence-corrected chi connectivity index (χ0v) is 12.4. The van der Waals surface area contributed by atoms with Crippen LogP contribution in [0.5, 0.6) is 11.6 Å². The summed E-state index contributed by atoms with van der Waals surface area (Å²) >= 11 is 6.74. The summed E-state index contributed by atoms with van der Waals surface area (Å²) in [6, 6.07) is 1.89. The second-order valence-electron chi connectivity index (χ2n) is 3.48. The Hall–Kier alpha value is -0.880. The molecule has 0 bridgehead atoms. The number of aromatic nitrogens is 3. The summed E-state index contributed by atoms with van der Waals surface area (Å²) in [5.41, 5.74) is 0. The number of rotatable bonds is 4. The molecule has 0 aliphatic carbocycles. The van der Waals surface area contributed by atoms with Crippen LogP contribution in [0.4, 0.5) is 0 Å². The molecule has 2 aromatic heterocycles. The molecule has 0 aliphatic heterocycles. The van der Waals surface area contributed by atoms with Crippen molar-refractivity contribution in [2.45, 2.75) is 19.9 Å². The Labute approximate surface area is 116 Å². The molecule has 0 unspecified atom stereocenters. The first-order valence-corrected chi connectivity index (χ1v) is 6.79. The van der Waals surface area contributed by atoms with Crippen molar-refractivity contribution in [1.82, 2.24) is 14.8 Å². The molecule has 0 fully saturated rings. The number of pyridine rings is 1. The van der Waals surface area contributed by atoms with Crippen molar-refractivity contribution in [2.75, 3.05) is 0 Å². The van der Waals surface area contributed by atoms with Crippen LogP contribution in [0.2, 0.25) is 0 Å². The molecule has 2 aromatic rings. The van der Waals surface area contributed by atoms with Crippen LogP contribution in [-0.2, 0) is 6.54 Å². The van der Waals surface area contributed by atoms with Gasteiger partial charge in [-0.25, -0.2) is 4.98 Å². The predicted octanol–water partition coefficient (Wildman–Crippen LogP) is 4.01. The van der Waals surface area contributed by atoms with Gasteiger partial charge in [0.1, 0.15) is 0 Å². The summed E-state index contributed by atoms with van der Waals surface area (Å²) in [6.45, 7) is 2.99. The fraction of sp³-hybridized carbons (Fsp3) is 0.273.